The Morgan fingerprint density at radius 2 is 2.25 bits per heavy atom. The number of ether oxygens (including phenoxy) is 1. The van der Waals surface area contributed by atoms with Crippen LogP contribution in [0.4, 0.5) is 0 Å². The van der Waals surface area contributed by atoms with Crippen molar-refractivity contribution >= 4 is 17.6 Å². The highest BCUT2D eigenvalue weighted by atomic mass is 35.5. The lowest BCUT2D eigenvalue weighted by Crippen LogP contribution is -2.44. The average molecular weight is 249 g/mol. The van der Waals surface area contributed by atoms with Crippen LogP contribution in [-0.2, 0) is 9.53 Å². The predicted octanol–water partition coefficient (Wildman–Crippen LogP) is 2.34. The van der Waals surface area contributed by atoms with Crippen molar-refractivity contribution in [2.24, 2.45) is 11.8 Å². The summed E-state index contributed by atoms with van der Waals surface area (Å²) in [4.78, 5) is 11.2. The maximum absolute atomic E-state index is 11.2. The number of alkyl halides is 1. The van der Waals surface area contributed by atoms with Crippen LogP contribution in [0.3, 0.4) is 0 Å². The van der Waals surface area contributed by atoms with Gasteiger partial charge in [0.25, 0.3) is 0 Å². The van der Waals surface area contributed by atoms with Gasteiger partial charge >= 0.3 is 5.97 Å². The van der Waals surface area contributed by atoms with Crippen LogP contribution in [0.15, 0.2) is 0 Å². The molecule has 1 fully saturated rings. The normalized spacial score (nSPS) is 35.1. The third-order valence-corrected chi connectivity index (χ3v) is 3.69. The van der Waals surface area contributed by atoms with E-state index in [0.29, 0.717) is 18.3 Å². The number of halogens is 1. The Bertz CT molecular complexity index is 255. The summed E-state index contributed by atoms with van der Waals surface area (Å²) in [7, 11) is 0. The van der Waals surface area contributed by atoms with Crippen LogP contribution in [0.25, 0.3) is 0 Å². The summed E-state index contributed by atoms with van der Waals surface area (Å²) in [5.74, 6) is 0.240. The number of carbonyl (C=O) groups is 1. The number of aliphatic hydroxyl groups excluding tert-OH is 1. The second-order valence-corrected chi connectivity index (χ2v) is 5.54. The van der Waals surface area contributed by atoms with Crippen molar-refractivity contribution in [1.82, 2.24) is 0 Å². The van der Waals surface area contributed by atoms with Gasteiger partial charge < -0.3 is 9.84 Å². The fraction of sp³-hybridized carbons (Fsp3) is 0.917. The van der Waals surface area contributed by atoms with E-state index in [1.165, 1.54) is 0 Å². The van der Waals surface area contributed by atoms with Gasteiger partial charge in [-0.15, -0.1) is 11.6 Å². The Labute approximate surface area is 102 Å². The molecule has 0 radical (unpaired) electrons. The van der Waals surface area contributed by atoms with Crippen molar-refractivity contribution in [2.45, 2.75) is 51.7 Å². The number of rotatable bonds is 3. The van der Waals surface area contributed by atoms with Gasteiger partial charge in [0.05, 0.1) is 6.10 Å². The molecule has 4 heteroatoms. The monoisotopic (exact) mass is 248 g/mol. The van der Waals surface area contributed by atoms with Crippen molar-refractivity contribution in [2.75, 3.05) is 5.88 Å². The SMILES string of the molecule is CC(C)[C@H]1CC[C@@](C)(OC(=O)CCl)C[C@@H]1O. The van der Waals surface area contributed by atoms with E-state index in [2.05, 4.69) is 13.8 Å². The number of hydrogen-bond acceptors (Lipinski definition) is 3. The Morgan fingerprint density at radius 3 is 2.69 bits per heavy atom. The van der Waals surface area contributed by atoms with E-state index in [0.717, 1.165) is 12.8 Å². The minimum Gasteiger partial charge on any atom is -0.458 e. The third kappa shape index (κ3) is 3.36. The molecule has 3 atom stereocenters. The van der Waals surface area contributed by atoms with Gasteiger partial charge in [0.15, 0.2) is 0 Å². The van der Waals surface area contributed by atoms with Crippen molar-refractivity contribution in [3.8, 4) is 0 Å². The van der Waals surface area contributed by atoms with Gasteiger partial charge in [-0.2, -0.15) is 0 Å². The second kappa shape index (κ2) is 5.37. The third-order valence-electron chi connectivity index (χ3n) is 3.47. The fourth-order valence-corrected chi connectivity index (χ4v) is 2.59. The largest absolute Gasteiger partial charge is 0.458 e. The Morgan fingerprint density at radius 1 is 1.62 bits per heavy atom. The fourth-order valence-electron chi connectivity index (χ4n) is 2.53. The molecule has 1 aliphatic carbocycles. The quantitative estimate of drug-likeness (QED) is 0.616. The number of hydrogen-bond donors (Lipinski definition) is 1. The number of aliphatic hydroxyl groups is 1. The zero-order valence-corrected chi connectivity index (χ0v) is 11.0. The summed E-state index contributed by atoms with van der Waals surface area (Å²) in [5, 5.41) is 10.0. The highest BCUT2D eigenvalue weighted by molar-refractivity contribution is 6.26. The molecule has 0 saturated heterocycles. The Hall–Kier alpha value is -0.280. The maximum Gasteiger partial charge on any atom is 0.321 e. The minimum atomic E-state index is -0.545. The molecule has 16 heavy (non-hydrogen) atoms. The molecule has 0 aromatic heterocycles. The lowest BCUT2D eigenvalue weighted by molar-refractivity contribution is -0.164. The van der Waals surface area contributed by atoms with Crippen molar-refractivity contribution in [1.29, 1.82) is 0 Å². The number of esters is 1. The van der Waals surface area contributed by atoms with Crippen molar-refractivity contribution in [3.05, 3.63) is 0 Å². The molecule has 0 aliphatic heterocycles. The summed E-state index contributed by atoms with van der Waals surface area (Å²) < 4.78 is 5.30. The summed E-state index contributed by atoms with van der Waals surface area (Å²) in [6, 6.07) is 0. The molecule has 1 rings (SSSR count). The van der Waals surface area contributed by atoms with Crippen LogP contribution in [0.5, 0.6) is 0 Å². The zero-order valence-electron chi connectivity index (χ0n) is 10.2. The summed E-state index contributed by atoms with van der Waals surface area (Å²) in [6.45, 7) is 6.10. The van der Waals surface area contributed by atoms with E-state index < -0.39 is 11.6 Å². The predicted molar refractivity (Wildman–Crippen MR) is 63.4 cm³/mol. The Kier molecular flexibility index (Phi) is 4.62. The van der Waals surface area contributed by atoms with E-state index in [1.54, 1.807) is 0 Å². The molecule has 0 unspecified atom stereocenters. The molecule has 3 nitrogen and oxygen atoms in total. The average Bonchev–Trinajstić information content (AvgIpc) is 2.16. The van der Waals surface area contributed by atoms with Crippen LogP contribution < -0.4 is 0 Å². The van der Waals surface area contributed by atoms with E-state index in [4.69, 9.17) is 16.3 Å². The molecule has 94 valence electrons. The molecule has 0 bridgehead atoms. The smallest absolute Gasteiger partial charge is 0.321 e. The topological polar surface area (TPSA) is 46.5 Å². The van der Waals surface area contributed by atoms with Crippen LogP contribution in [0.2, 0.25) is 0 Å². The van der Waals surface area contributed by atoms with Gasteiger partial charge in [-0.3, -0.25) is 4.79 Å². The molecule has 1 saturated carbocycles. The van der Waals surface area contributed by atoms with Crippen LogP contribution in [0, 0.1) is 11.8 Å². The van der Waals surface area contributed by atoms with Gasteiger partial charge in [-0.05, 0) is 31.6 Å². The van der Waals surface area contributed by atoms with Crippen molar-refractivity contribution < 1.29 is 14.6 Å². The Balaban J connectivity index is 2.58. The standard InChI is InChI=1S/C12H21ClO3/c1-8(2)9-4-5-12(3,6-10(9)14)16-11(15)7-13/h8-10,14H,4-7H2,1-3H3/t9-,10+,12-/m1/s1. The van der Waals surface area contributed by atoms with E-state index in [9.17, 15) is 9.90 Å². The van der Waals surface area contributed by atoms with Crippen LogP contribution >= 0.6 is 11.6 Å². The zero-order chi connectivity index (χ0) is 12.3. The molecule has 0 heterocycles. The highest BCUT2D eigenvalue weighted by Crippen LogP contribution is 2.38. The number of carbonyl (C=O) groups excluding carboxylic acids is 1. The van der Waals surface area contributed by atoms with E-state index >= 15 is 0 Å². The summed E-state index contributed by atoms with van der Waals surface area (Å²) >= 11 is 5.41. The first-order valence-corrected chi connectivity index (χ1v) is 6.37. The highest BCUT2D eigenvalue weighted by Gasteiger charge is 2.40. The second-order valence-electron chi connectivity index (χ2n) is 5.28. The van der Waals surface area contributed by atoms with E-state index in [1.807, 2.05) is 6.92 Å². The van der Waals surface area contributed by atoms with Gasteiger partial charge in [0.2, 0.25) is 0 Å². The molecular formula is C12H21ClO3. The molecule has 1 aliphatic rings. The molecule has 1 N–H and O–H groups in total. The summed E-state index contributed by atoms with van der Waals surface area (Å²) in [5.41, 5.74) is -0.545. The van der Waals surface area contributed by atoms with Crippen LogP contribution in [-0.4, -0.2) is 28.7 Å². The van der Waals surface area contributed by atoms with Crippen LogP contribution in [0.1, 0.15) is 40.0 Å². The van der Waals surface area contributed by atoms with Crippen molar-refractivity contribution in [3.63, 3.8) is 0 Å². The molecule has 0 amide bonds. The lowest BCUT2D eigenvalue weighted by atomic mass is 9.73. The first-order valence-electron chi connectivity index (χ1n) is 5.84. The molecule has 0 aromatic rings. The molecular weight excluding hydrogens is 228 g/mol. The van der Waals surface area contributed by atoms with Gasteiger partial charge in [-0.25, -0.2) is 0 Å². The van der Waals surface area contributed by atoms with Gasteiger partial charge in [-0.1, -0.05) is 13.8 Å². The summed E-state index contributed by atoms with van der Waals surface area (Å²) in [6.07, 6.45) is 1.82. The lowest BCUT2D eigenvalue weighted by Gasteiger charge is -2.41. The van der Waals surface area contributed by atoms with Gasteiger partial charge in [0, 0.05) is 6.42 Å². The molecule has 0 spiro atoms. The van der Waals surface area contributed by atoms with E-state index in [-0.39, 0.29) is 12.0 Å². The first-order chi connectivity index (χ1) is 7.38. The van der Waals surface area contributed by atoms with Gasteiger partial charge in [0.1, 0.15) is 11.5 Å². The first kappa shape index (κ1) is 13.8. The minimum absolute atomic E-state index is 0.126. The maximum atomic E-state index is 11.2. The molecule has 0 aromatic carbocycles.